The van der Waals surface area contributed by atoms with Crippen LogP contribution in [0.1, 0.15) is 14.7 Å². The van der Waals surface area contributed by atoms with Gasteiger partial charge in [-0.25, -0.2) is 0 Å². The summed E-state index contributed by atoms with van der Waals surface area (Å²) in [6, 6.07) is 0. The fourth-order valence-electron chi connectivity index (χ4n) is 0.659. The van der Waals surface area contributed by atoms with Crippen molar-refractivity contribution in [1.29, 1.82) is 0 Å². The average molecular weight is 171 g/mol. The summed E-state index contributed by atoms with van der Waals surface area (Å²) in [5.74, 6) is -0.133. The number of hydrogen-bond acceptors (Lipinski definition) is 2. The third-order valence-corrected chi connectivity index (χ3v) is 1.31. The Labute approximate surface area is 75.8 Å². The summed E-state index contributed by atoms with van der Waals surface area (Å²) in [5.41, 5.74) is 0.506. The summed E-state index contributed by atoms with van der Waals surface area (Å²) < 4.78 is 7.53. The molecule has 0 saturated heterocycles. The Bertz CT molecular complexity index is 192. The van der Waals surface area contributed by atoms with Crippen LogP contribution in [0.2, 0.25) is 0 Å². The first-order valence-corrected chi connectivity index (χ1v) is 3.97. The first kappa shape index (κ1) is 9.26. The zero-order chi connectivity index (χ0) is 10.4. The summed E-state index contributed by atoms with van der Waals surface area (Å²) >= 11 is 0. The van der Waals surface area contributed by atoms with Gasteiger partial charge in [-0.15, -0.1) is 0 Å². The SMILES string of the molecule is [2H]C(CCNC(=O)C(=C)C)N(C)C. The number of rotatable bonds is 5. The van der Waals surface area contributed by atoms with E-state index in [9.17, 15) is 4.79 Å². The minimum Gasteiger partial charge on any atom is -0.352 e. The molecule has 0 fully saturated rings. The van der Waals surface area contributed by atoms with Crippen LogP contribution in [0.5, 0.6) is 0 Å². The highest BCUT2D eigenvalue weighted by Crippen LogP contribution is 1.86. The van der Waals surface area contributed by atoms with E-state index in [1.165, 1.54) is 0 Å². The normalized spacial score (nSPS) is 13.8. The molecule has 0 aromatic carbocycles. The van der Waals surface area contributed by atoms with Gasteiger partial charge in [0.25, 0.3) is 0 Å². The van der Waals surface area contributed by atoms with E-state index in [2.05, 4.69) is 11.9 Å². The lowest BCUT2D eigenvalue weighted by atomic mass is 10.3. The Morgan fingerprint density at radius 3 is 2.67 bits per heavy atom. The van der Waals surface area contributed by atoms with Gasteiger partial charge in [-0.2, -0.15) is 0 Å². The quantitative estimate of drug-likeness (QED) is 0.615. The van der Waals surface area contributed by atoms with Crippen LogP contribution in [0.25, 0.3) is 0 Å². The fourth-order valence-corrected chi connectivity index (χ4v) is 0.659. The van der Waals surface area contributed by atoms with E-state index in [1.54, 1.807) is 11.8 Å². The van der Waals surface area contributed by atoms with Gasteiger partial charge in [0.1, 0.15) is 0 Å². The van der Waals surface area contributed by atoms with Gasteiger partial charge in [0.15, 0.2) is 0 Å². The molecule has 0 aromatic rings. The molecule has 0 saturated carbocycles. The van der Waals surface area contributed by atoms with E-state index in [1.807, 2.05) is 14.1 Å². The number of nitrogens with zero attached hydrogens (tertiary/aromatic N) is 1. The van der Waals surface area contributed by atoms with Gasteiger partial charge in [0, 0.05) is 13.5 Å². The summed E-state index contributed by atoms with van der Waals surface area (Å²) in [4.78, 5) is 12.8. The van der Waals surface area contributed by atoms with Gasteiger partial charge in [0.05, 0.1) is 0 Å². The topological polar surface area (TPSA) is 32.3 Å². The molecule has 0 aliphatic heterocycles. The van der Waals surface area contributed by atoms with Gasteiger partial charge >= 0.3 is 0 Å². The maximum atomic E-state index is 11.0. The number of carbonyl (C=O) groups excluding carboxylic acids is 1. The molecule has 0 radical (unpaired) electrons. The Kier molecular flexibility index (Phi) is 4.46. The summed E-state index contributed by atoms with van der Waals surface area (Å²) in [6.45, 7) is 5.45. The van der Waals surface area contributed by atoms with Crippen LogP contribution in [0.15, 0.2) is 12.2 Å². The van der Waals surface area contributed by atoms with Crippen LogP contribution in [-0.2, 0) is 4.79 Å². The fraction of sp³-hybridized carbons (Fsp3) is 0.667. The molecular weight excluding hydrogens is 152 g/mol. The van der Waals surface area contributed by atoms with Crippen LogP contribution in [-0.4, -0.2) is 38.0 Å². The average Bonchev–Trinajstić information content (AvgIpc) is 2.03. The molecule has 1 atom stereocenters. The van der Waals surface area contributed by atoms with E-state index in [-0.39, 0.29) is 12.4 Å². The predicted octanol–water partition coefficient (Wildman–Crippen LogP) is 0.630. The third kappa shape index (κ3) is 5.92. The van der Waals surface area contributed by atoms with Gasteiger partial charge < -0.3 is 10.2 Å². The molecule has 70 valence electrons. The van der Waals surface area contributed by atoms with Crippen molar-refractivity contribution in [2.24, 2.45) is 0 Å². The second-order valence-electron chi connectivity index (χ2n) is 2.97. The van der Waals surface area contributed by atoms with Crippen molar-refractivity contribution in [3.8, 4) is 0 Å². The molecular formula is C9H18N2O. The molecule has 0 aliphatic carbocycles. The molecule has 1 N–H and O–H groups in total. The van der Waals surface area contributed by atoms with Crippen LogP contribution in [0, 0.1) is 0 Å². The van der Waals surface area contributed by atoms with Crippen LogP contribution >= 0.6 is 0 Å². The van der Waals surface area contributed by atoms with Gasteiger partial charge in [-0.05, 0) is 34.0 Å². The number of hydrogen-bond donors (Lipinski definition) is 1. The Morgan fingerprint density at radius 2 is 2.25 bits per heavy atom. The van der Waals surface area contributed by atoms with Crippen molar-refractivity contribution in [2.75, 3.05) is 27.2 Å². The van der Waals surface area contributed by atoms with E-state index >= 15 is 0 Å². The maximum Gasteiger partial charge on any atom is 0.246 e. The van der Waals surface area contributed by atoms with Gasteiger partial charge in [0.2, 0.25) is 5.91 Å². The lowest BCUT2D eigenvalue weighted by Gasteiger charge is -2.09. The molecule has 12 heavy (non-hydrogen) atoms. The predicted molar refractivity (Wildman–Crippen MR) is 51.0 cm³/mol. The minimum atomic E-state index is -0.259. The lowest BCUT2D eigenvalue weighted by Crippen LogP contribution is -2.27. The zero-order valence-electron chi connectivity index (χ0n) is 9.05. The largest absolute Gasteiger partial charge is 0.352 e. The van der Waals surface area contributed by atoms with Crippen molar-refractivity contribution in [3.63, 3.8) is 0 Å². The molecule has 3 nitrogen and oxygen atoms in total. The van der Waals surface area contributed by atoms with Crippen molar-refractivity contribution in [3.05, 3.63) is 12.2 Å². The molecule has 0 aromatic heterocycles. The zero-order valence-corrected chi connectivity index (χ0v) is 8.05. The van der Waals surface area contributed by atoms with E-state index in [0.717, 1.165) is 0 Å². The van der Waals surface area contributed by atoms with Crippen LogP contribution in [0.4, 0.5) is 0 Å². The summed E-state index contributed by atoms with van der Waals surface area (Å²) in [7, 11) is 3.69. The summed E-state index contributed by atoms with van der Waals surface area (Å²) in [6.07, 6.45) is 0.631. The maximum absolute atomic E-state index is 11.0. The highest BCUT2D eigenvalue weighted by atomic mass is 16.1. The second kappa shape index (κ2) is 5.77. The van der Waals surface area contributed by atoms with E-state index in [4.69, 9.17) is 1.37 Å². The molecule has 0 spiro atoms. The van der Waals surface area contributed by atoms with Crippen molar-refractivity contribution in [2.45, 2.75) is 13.3 Å². The van der Waals surface area contributed by atoms with E-state index < -0.39 is 0 Å². The second-order valence-corrected chi connectivity index (χ2v) is 2.97. The van der Waals surface area contributed by atoms with Crippen molar-refractivity contribution < 1.29 is 6.17 Å². The molecule has 0 heterocycles. The number of nitrogens with one attached hydrogen (secondary N) is 1. The van der Waals surface area contributed by atoms with E-state index in [0.29, 0.717) is 18.5 Å². The summed E-state index contributed by atoms with van der Waals surface area (Å²) in [5, 5.41) is 2.68. The number of carbonyl (C=O) groups is 1. The lowest BCUT2D eigenvalue weighted by molar-refractivity contribution is -0.117. The first-order chi connectivity index (χ1) is 5.95. The molecule has 1 amide bonds. The Hall–Kier alpha value is -0.830. The highest BCUT2D eigenvalue weighted by molar-refractivity contribution is 5.91. The van der Waals surface area contributed by atoms with Crippen molar-refractivity contribution in [1.82, 2.24) is 10.2 Å². The van der Waals surface area contributed by atoms with Crippen LogP contribution in [0.3, 0.4) is 0 Å². The standard InChI is InChI=1S/C9H18N2O/c1-8(2)9(12)10-6-5-7-11(3)4/h1,5-7H2,2-4H3,(H,10,12)/i7D. The highest BCUT2D eigenvalue weighted by Gasteiger charge is 1.99. The monoisotopic (exact) mass is 171 g/mol. The van der Waals surface area contributed by atoms with Crippen molar-refractivity contribution >= 4 is 5.91 Å². The molecule has 0 rings (SSSR count). The third-order valence-electron chi connectivity index (χ3n) is 1.31. The minimum absolute atomic E-state index is 0.133. The molecule has 3 heteroatoms. The molecule has 1 unspecified atom stereocenters. The smallest absolute Gasteiger partial charge is 0.246 e. The Morgan fingerprint density at radius 1 is 1.67 bits per heavy atom. The van der Waals surface area contributed by atoms with Crippen LogP contribution < -0.4 is 5.32 Å². The first-order valence-electron chi connectivity index (χ1n) is 4.55. The number of amides is 1. The Balaban J connectivity index is 3.56. The van der Waals surface area contributed by atoms with Gasteiger partial charge in [-0.1, -0.05) is 6.58 Å². The molecule has 0 bridgehead atoms. The molecule has 0 aliphatic rings. The van der Waals surface area contributed by atoms with Gasteiger partial charge in [-0.3, -0.25) is 4.79 Å².